The van der Waals surface area contributed by atoms with Crippen LogP contribution >= 0.6 is 23.2 Å². The van der Waals surface area contributed by atoms with Gasteiger partial charge in [-0.3, -0.25) is 9.59 Å². The van der Waals surface area contributed by atoms with Gasteiger partial charge in [-0.25, -0.2) is 0 Å². The van der Waals surface area contributed by atoms with Crippen LogP contribution in [0.4, 0.5) is 5.69 Å². The Morgan fingerprint density at radius 1 is 1.08 bits per heavy atom. The van der Waals surface area contributed by atoms with Crippen LogP contribution < -0.4 is 10.1 Å². The molecule has 0 aliphatic rings. The van der Waals surface area contributed by atoms with Gasteiger partial charge in [-0.05, 0) is 49.4 Å². The first-order valence-electron chi connectivity index (χ1n) is 7.62. The van der Waals surface area contributed by atoms with Gasteiger partial charge in [-0.2, -0.15) is 0 Å². The zero-order valence-electron chi connectivity index (χ0n) is 13.9. The molecule has 0 heterocycles. The largest absolute Gasteiger partial charge is 0.497 e. The molecule has 0 fully saturated rings. The first kappa shape index (κ1) is 19.1. The average molecular weight is 381 g/mol. The summed E-state index contributed by atoms with van der Waals surface area (Å²) in [5.74, 6) is 0.120. The van der Waals surface area contributed by atoms with Crippen molar-refractivity contribution in [1.29, 1.82) is 0 Å². The smallest absolute Gasteiger partial charge is 0.254 e. The van der Waals surface area contributed by atoms with E-state index >= 15 is 0 Å². The zero-order chi connectivity index (χ0) is 18.4. The lowest BCUT2D eigenvalue weighted by molar-refractivity contribution is -0.116. The molecule has 0 radical (unpaired) electrons. The molecule has 0 bridgehead atoms. The van der Waals surface area contributed by atoms with Crippen LogP contribution in [0.5, 0.6) is 5.75 Å². The summed E-state index contributed by atoms with van der Waals surface area (Å²) in [4.78, 5) is 26.2. The molecule has 5 nitrogen and oxygen atoms in total. The van der Waals surface area contributed by atoms with Crippen LogP contribution in [0.1, 0.15) is 17.3 Å². The maximum absolute atomic E-state index is 12.5. The number of carbonyl (C=O) groups is 2. The van der Waals surface area contributed by atoms with Gasteiger partial charge in [0.05, 0.1) is 17.2 Å². The normalized spacial score (nSPS) is 10.2. The average Bonchev–Trinajstić information content (AvgIpc) is 2.62. The highest BCUT2D eigenvalue weighted by atomic mass is 35.5. The van der Waals surface area contributed by atoms with Crippen molar-refractivity contribution < 1.29 is 14.3 Å². The molecule has 7 heteroatoms. The maximum atomic E-state index is 12.5. The van der Waals surface area contributed by atoms with Crippen LogP contribution in [0.15, 0.2) is 42.5 Å². The number of rotatable bonds is 6. The summed E-state index contributed by atoms with van der Waals surface area (Å²) in [6.45, 7) is 2.12. The van der Waals surface area contributed by atoms with Gasteiger partial charge in [0.1, 0.15) is 12.3 Å². The Morgan fingerprint density at radius 3 is 2.32 bits per heavy atom. The third-order valence-corrected chi connectivity index (χ3v) is 4.28. The van der Waals surface area contributed by atoms with Crippen molar-refractivity contribution in [2.24, 2.45) is 0 Å². The number of ether oxygens (including phenoxy) is 1. The van der Waals surface area contributed by atoms with Crippen molar-refractivity contribution in [2.45, 2.75) is 6.92 Å². The molecule has 25 heavy (non-hydrogen) atoms. The zero-order valence-corrected chi connectivity index (χ0v) is 15.4. The van der Waals surface area contributed by atoms with Crippen LogP contribution in [0.2, 0.25) is 10.0 Å². The van der Waals surface area contributed by atoms with Gasteiger partial charge >= 0.3 is 0 Å². The van der Waals surface area contributed by atoms with E-state index in [0.29, 0.717) is 33.6 Å². The van der Waals surface area contributed by atoms with Gasteiger partial charge in [0.15, 0.2) is 0 Å². The third-order valence-electron chi connectivity index (χ3n) is 3.54. The molecule has 1 N–H and O–H groups in total. The summed E-state index contributed by atoms with van der Waals surface area (Å²) in [7, 11) is 1.57. The van der Waals surface area contributed by atoms with E-state index < -0.39 is 0 Å². The lowest BCUT2D eigenvalue weighted by Crippen LogP contribution is -2.37. The third kappa shape index (κ3) is 5.11. The molecule has 2 rings (SSSR count). The van der Waals surface area contributed by atoms with E-state index in [4.69, 9.17) is 27.9 Å². The Balaban J connectivity index is 2.03. The van der Waals surface area contributed by atoms with Crippen LogP contribution in [0.25, 0.3) is 0 Å². The SMILES string of the molecule is CCN(CC(=O)Nc1ccc(OC)cc1)C(=O)c1ccc(Cl)c(Cl)c1. The Bertz CT molecular complexity index is 763. The number of hydrogen-bond donors (Lipinski definition) is 1. The number of amides is 2. The summed E-state index contributed by atoms with van der Waals surface area (Å²) in [6, 6.07) is 11.6. The minimum absolute atomic E-state index is 0.0678. The van der Waals surface area contributed by atoms with E-state index in [1.165, 1.54) is 11.0 Å². The molecule has 2 amide bonds. The number of carbonyl (C=O) groups excluding carboxylic acids is 2. The van der Waals surface area contributed by atoms with Crippen molar-refractivity contribution >= 4 is 40.7 Å². The first-order chi connectivity index (χ1) is 11.9. The molecule has 0 saturated heterocycles. The molecule has 0 aliphatic heterocycles. The molecule has 0 saturated carbocycles. The van der Waals surface area contributed by atoms with Crippen LogP contribution in [-0.2, 0) is 4.79 Å². The molecule has 0 aliphatic carbocycles. The number of nitrogens with zero attached hydrogens (tertiary/aromatic N) is 1. The highest BCUT2D eigenvalue weighted by Gasteiger charge is 2.18. The van der Waals surface area contributed by atoms with Crippen molar-refractivity contribution in [3.63, 3.8) is 0 Å². The molecule has 2 aromatic rings. The predicted octanol–water partition coefficient (Wildman–Crippen LogP) is 4.10. The molecular weight excluding hydrogens is 363 g/mol. The fraction of sp³-hybridized carbons (Fsp3) is 0.222. The minimum Gasteiger partial charge on any atom is -0.497 e. The molecule has 0 spiro atoms. The topological polar surface area (TPSA) is 58.6 Å². The monoisotopic (exact) mass is 380 g/mol. The second-order valence-electron chi connectivity index (χ2n) is 5.22. The highest BCUT2D eigenvalue weighted by Crippen LogP contribution is 2.23. The fourth-order valence-corrected chi connectivity index (χ4v) is 2.49. The lowest BCUT2D eigenvalue weighted by atomic mass is 10.2. The van der Waals surface area contributed by atoms with Gasteiger partial charge in [-0.1, -0.05) is 23.2 Å². The molecule has 0 atom stereocenters. The second kappa shape index (κ2) is 8.74. The summed E-state index contributed by atoms with van der Waals surface area (Å²) < 4.78 is 5.07. The summed E-state index contributed by atoms with van der Waals surface area (Å²) >= 11 is 11.8. The molecule has 0 unspecified atom stereocenters. The van der Waals surface area contributed by atoms with Gasteiger partial charge < -0.3 is 15.0 Å². The van der Waals surface area contributed by atoms with Crippen molar-refractivity contribution in [1.82, 2.24) is 4.90 Å². The van der Waals surface area contributed by atoms with Gasteiger partial charge in [0.2, 0.25) is 5.91 Å². The van der Waals surface area contributed by atoms with Gasteiger partial charge in [0, 0.05) is 17.8 Å². The van der Waals surface area contributed by atoms with Crippen molar-refractivity contribution in [3.8, 4) is 5.75 Å². The summed E-state index contributed by atoms with van der Waals surface area (Å²) in [5.41, 5.74) is 1.01. The fourth-order valence-electron chi connectivity index (χ4n) is 2.19. The Hall–Kier alpha value is -2.24. The van der Waals surface area contributed by atoms with Crippen LogP contribution in [-0.4, -0.2) is 36.9 Å². The summed E-state index contributed by atoms with van der Waals surface area (Å²) in [6.07, 6.45) is 0. The van der Waals surface area contributed by atoms with Crippen LogP contribution in [0, 0.1) is 0 Å². The van der Waals surface area contributed by atoms with E-state index in [1.807, 2.05) is 0 Å². The Kier molecular flexibility index (Phi) is 6.67. The number of halogens is 2. The number of hydrogen-bond acceptors (Lipinski definition) is 3. The Labute approximate surface area is 156 Å². The quantitative estimate of drug-likeness (QED) is 0.820. The van der Waals surface area contributed by atoms with E-state index in [2.05, 4.69) is 5.32 Å². The van der Waals surface area contributed by atoms with E-state index in [-0.39, 0.29) is 18.4 Å². The molecule has 2 aromatic carbocycles. The predicted molar refractivity (Wildman–Crippen MR) is 99.7 cm³/mol. The second-order valence-corrected chi connectivity index (χ2v) is 6.04. The molecular formula is C18H18Cl2N2O3. The van der Waals surface area contributed by atoms with Gasteiger partial charge in [-0.15, -0.1) is 0 Å². The lowest BCUT2D eigenvalue weighted by Gasteiger charge is -2.20. The highest BCUT2D eigenvalue weighted by molar-refractivity contribution is 6.42. The number of likely N-dealkylation sites (N-methyl/N-ethyl adjacent to an activating group) is 1. The minimum atomic E-state index is -0.291. The number of anilines is 1. The van der Waals surface area contributed by atoms with Crippen molar-refractivity contribution in [3.05, 3.63) is 58.1 Å². The van der Waals surface area contributed by atoms with E-state index in [1.54, 1.807) is 50.4 Å². The van der Waals surface area contributed by atoms with Gasteiger partial charge in [0.25, 0.3) is 5.91 Å². The van der Waals surface area contributed by atoms with E-state index in [0.717, 1.165) is 0 Å². The maximum Gasteiger partial charge on any atom is 0.254 e. The molecule has 0 aromatic heterocycles. The van der Waals surface area contributed by atoms with Crippen LogP contribution in [0.3, 0.4) is 0 Å². The number of methoxy groups -OCH3 is 1. The van der Waals surface area contributed by atoms with Crippen molar-refractivity contribution in [2.75, 3.05) is 25.5 Å². The number of nitrogens with one attached hydrogen (secondary N) is 1. The Morgan fingerprint density at radius 2 is 1.76 bits per heavy atom. The molecule has 132 valence electrons. The standard InChI is InChI=1S/C18H18Cl2N2O3/c1-3-22(18(24)12-4-9-15(19)16(20)10-12)11-17(23)21-13-5-7-14(25-2)8-6-13/h4-10H,3,11H2,1-2H3,(H,21,23). The van der Waals surface area contributed by atoms with E-state index in [9.17, 15) is 9.59 Å². The number of benzene rings is 2. The first-order valence-corrected chi connectivity index (χ1v) is 8.38. The summed E-state index contributed by atoms with van der Waals surface area (Å²) in [5, 5.41) is 3.42.